The van der Waals surface area contributed by atoms with Crippen molar-refractivity contribution in [3.8, 4) is 5.75 Å². The number of aldehydes is 1. The molecule has 1 aromatic rings. The highest BCUT2D eigenvalue weighted by molar-refractivity contribution is 8.10. The van der Waals surface area contributed by atoms with Gasteiger partial charge in [0.25, 0.3) is 0 Å². The second-order valence-electron chi connectivity index (χ2n) is 4.44. The Morgan fingerprint density at radius 1 is 1.45 bits per heavy atom. The zero-order chi connectivity index (χ0) is 15.0. The van der Waals surface area contributed by atoms with E-state index < -0.39 is 0 Å². The van der Waals surface area contributed by atoms with Crippen molar-refractivity contribution in [3.05, 3.63) is 46.9 Å². The quantitative estimate of drug-likeness (QED) is 0.585. The second kappa shape index (κ2) is 8.61. The highest BCUT2D eigenvalue weighted by atomic mass is 32.2. The maximum absolute atomic E-state index is 10.4. The van der Waals surface area contributed by atoms with E-state index in [0.29, 0.717) is 19.6 Å². The number of rotatable bonds is 8. The average molecular weight is 291 g/mol. The highest BCUT2D eigenvalue weighted by Gasteiger charge is 2.08. The molecule has 0 saturated carbocycles. The van der Waals surface area contributed by atoms with Crippen molar-refractivity contribution in [3.63, 3.8) is 0 Å². The number of carbonyl (C=O) groups is 1. The molecule has 0 fully saturated rings. The Labute approximate surface area is 124 Å². The third kappa shape index (κ3) is 4.54. The number of thioether (sulfide) groups is 1. The summed E-state index contributed by atoms with van der Waals surface area (Å²) in [6.07, 6.45) is 1.23. The van der Waals surface area contributed by atoms with Crippen LogP contribution in [0, 0.1) is 0 Å². The fraction of sp³-hybridized carbons (Fsp3) is 0.312. The van der Waals surface area contributed by atoms with E-state index in [0.717, 1.165) is 28.1 Å². The SMILES string of the molecule is C=CSC(=C(C)C)c1ccc(CN)c(OCCC=O)c1. The lowest BCUT2D eigenvalue weighted by Crippen LogP contribution is -2.04. The molecule has 0 atom stereocenters. The van der Waals surface area contributed by atoms with E-state index in [1.807, 2.05) is 23.6 Å². The van der Waals surface area contributed by atoms with E-state index in [-0.39, 0.29) is 0 Å². The highest BCUT2D eigenvalue weighted by Crippen LogP contribution is 2.34. The molecule has 4 heteroatoms. The van der Waals surface area contributed by atoms with Gasteiger partial charge in [0.05, 0.1) is 6.61 Å². The second-order valence-corrected chi connectivity index (χ2v) is 5.42. The van der Waals surface area contributed by atoms with Crippen LogP contribution >= 0.6 is 11.8 Å². The summed E-state index contributed by atoms with van der Waals surface area (Å²) in [5.74, 6) is 0.746. The Balaban J connectivity index is 3.10. The molecule has 0 aliphatic heterocycles. The topological polar surface area (TPSA) is 52.3 Å². The van der Waals surface area contributed by atoms with Crippen molar-refractivity contribution < 1.29 is 9.53 Å². The van der Waals surface area contributed by atoms with Crippen LogP contribution in [0.15, 0.2) is 35.8 Å². The van der Waals surface area contributed by atoms with Gasteiger partial charge >= 0.3 is 0 Å². The van der Waals surface area contributed by atoms with Gasteiger partial charge in [0.15, 0.2) is 0 Å². The van der Waals surface area contributed by atoms with Crippen molar-refractivity contribution in [2.45, 2.75) is 26.8 Å². The van der Waals surface area contributed by atoms with Crippen molar-refractivity contribution >= 4 is 23.0 Å². The van der Waals surface area contributed by atoms with E-state index in [1.54, 1.807) is 11.8 Å². The molecular formula is C16H21NO2S. The zero-order valence-corrected chi connectivity index (χ0v) is 12.8. The molecule has 0 bridgehead atoms. The van der Waals surface area contributed by atoms with Crippen molar-refractivity contribution in [2.75, 3.05) is 6.61 Å². The van der Waals surface area contributed by atoms with Gasteiger partial charge in [0.2, 0.25) is 0 Å². The zero-order valence-electron chi connectivity index (χ0n) is 12.0. The lowest BCUT2D eigenvalue weighted by atomic mass is 10.1. The molecule has 0 unspecified atom stereocenters. The third-order valence-electron chi connectivity index (χ3n) is 2.70. The van der Waals surface area contributed by atoms with Crippen molar-refractivity contribution in [1.29, 1.82) is 0 Å². The summed E-state index contributed by atoms with van der Waals surface area (Å²) in [6.45, 7) is 8.68. The molecule has 1 aromatic carbocycles. The molecule has 1 rings (SSSR count). The predicted molar refractivity (Wildman–Crippen MR) is 86.6 cm³/mol. The number of carbonyl (C=O) groups excluding carboxylic acids is 1. The minimum absolute atomic E-state index is 0.374. The van der Waals surface area contributed by atoms with Gasteiger partial charge in [0, 0.05) is 23.4 Å². The van der Waals surface area contributed by atoms with Gasteiger partial charge in [-0.1, -0.05) is 36.0 Å². The number of hydrogen-bond donors (Lipinski definition) is 1. The average Bonchev–Trinajstić information content (AvgIpc) is 2.44. The Kier molecular flexibility index (Phi) is 7.12. The smallest absolute Gasteiger partial charge is 0.124 e. The first kappa shape index (κ1) is 16.5. The molecule has 0 radical (unpaired) electrons. The molecule has 20 heavy (non-hydrogen) atoms. The van der Waals surface area contributed by atoms with Gasteiger partial charge in [-0.15, -0.1) is 0 Å². The molecule has 3 nitrogen and oxygen atoms in total. The summed E-state index contributed by atoms with van der Waals surface area (Å²) in [5.41, 5.74) is 8.95. The predicted octanol–water partition coefficient (Wildman–Crippen LogP) is 3.74. The molecule has 0 aliphatic carbocycles. The maximum Gasteiger partial charge on any atom is 0.124 e. The van der Waals surface area contributed by atoms with Crippen molar-refractivity contribution in [2.24, 2.45) is 5.73 Å². The van der Waals surface area contributed by atoms with E-state index in [2.05, 4.69) is 20.4 Å². The lowest BCUT2D eigenvalue weighted by Gasteiger charge is -2.13. The summed E-state index contributed by atoms with van der Waals surface area (Å²) in [6, 6.07) is 5.98. The van der Waals surface area contributed by atoms with Gasteiger partial charge < -0.3 is 15.3 Å². The summed E-state index contributed by atoms with van der Waals surface area (Å²) >= 11 is 1.59. The number of allylic oxidation sites excluding steroid dienone is 1. The lowest BCUT2D eigenvalue weighted by molar-refractivity contribution is -0.108. The normalized spacial score (nSPS) is 9.95. The van der Waals surface area contributed by atoms with E-state index in [4.69, 9.17) is 10.5 Å². The molecule has 2 N–H and O–H groups in total. The monoisotopic (exact) mass is 291 g/mol. The van der Waals surface area contributed by atoms with Crippen LogP contribution < -0.4 is 10.5 Å². The minimum Gasteiger partial charge on any atom is -0.493 e. The van der Waals surface area contributed by atoms with Crippen LogP contribution in [0.4, 0.5) is 0 Å². The Bertz CT molecular complexity index is 505. The molecule has 0 heterocycles. The maximum atomic E-state index is 10.4. The third-order valence-corrected chi connectivity index (χ3v) is 3.74. The van der Waals surface area contributed by atoms with Crippen LogP contribution in [-0.2, 0) is 11.3 Å². The molecular weight excluding hydrogens is 270 g/mol. The number of benzene rings is 1. The fourth-order valence-corrected chi connectivity index (χ4v) is 2.44. The number of hydrogen-bond acceptors (Lipinski definition) is 4. The Hall–Kier alpha value is -1.52. The van der Waals surface area contributed by atoms with E-state index in [9.17, 15) is 4.79 Å². The summed E-state index contributed by atoms with van der Waals surface area (Å²) < 4.78 is 5.65. The van der Waals surface area contributed by atoms with Gasteiger partial charge in [-0.05, 0) is 30.9 Å². The first-order valence-electron chi connectivity index (χ1n) is 6.48. The Morgan fingerprint density at radius 3 is 2.75 bits per heavy atom. The summed E-state index contributed by atoms with van der Waals surface area (Å²) in [4.78, 5) is 11.5. The first-order valence-corrected chi connectivity index (χ1v) is 7.36. The van der Waals surface area contributed by atoms with Gasteiger partial charge in [-0.2, -0.15) is 0 Å². The molecule has 0 spiro atoms. The van der Waals surface area contributed by atoms with Gasteiger partial charge in [-0.3, -0.25) is 0 Å². The van der Waals surface area contributed by atoms with E-state index >= 15 is 0 Å². The van der Waals surface area contributed by atoms with Crippen LogP contribution in [-0.4, -0.2) is 12.9 Å². The van der Waals surface area contributed by atoms with Crippen LogP contribution in [0.3, 0.4) is 0 Å². The van der Waals surface area contributed by atoms with Crippen molar-refractivity contribution in [1.82, 2.24) is 0 Å². The molecule has 0 aliphatic rings. The fourth-order valence-electron chi connectivity index (χ4n) is 1.77. The number of ether oxygens (including phenoxy) is 1. The molecule has 0 amide bonds. The van der Waals surface area contributed by atoms with E-state index in [1.165, 1.54) is 5.57 Å². The van der Waals surface area contributed by atoms with Crippen LogP contribution in [0.2, 0.25) is 0 Å². The van der Waals surface area contributed by atoms with Crippen LogP contribution in [0.5, 0.6) is 5.75 Å². The Morgan fingerprint density at radius 2 is 2.20 bits per heavy atom. The summed E-state index contributed by atoms with van der Waals surface area (Å²) in [5, 5.41) is 1.81. The molecule has 0 saturated heterocycles. The van der Waals surface area contributed by atoms with Crippen LogP contribution in [0.25, 0.3) is 4.91 Å². The standard InChI is InChI=1S/C16H21NO2S/c1-4-20-16(12(2)3)13-6-7-14(11-17)15(10-13)19-9-5-8-18/h4,6-8,10H,1,5,9,11,17H2,2-3H3. The van der Waals surface area contributed by atoms with Gasteiger partial charge in [-0.25, -0.2) is 0 Å². The van der Waals surface area contributed by atoms with Crippen LogP contribution in [0.1, 0.15) is 31.4 Å². The summed E-state index contributed by atoms with van der Waals surface area (Å²) in [7, 11) is 0. The van der Waals surface area contributed by atoms with Gasteiger partial charge in [0.1, 0.15) is 12.0 Å². The molecule has 0 aromatic heterocycles. The molecule has 108 valence electrons. The largest absolute Gasteiger partial charge is 0.493 e. The number of nitrogens with two attached hydrogens (primary N) is 1. The minimum atomic E-state index is 0.374. The first-order chi connectivity index (χ1) is 9.63.